The fourth-order valence-corrected chi connectivity index (χ4v) is 3.85. The summed E-state index contributed by atoms with van der Waals surface area (Å²) in [6.45, 7) is 4.97. The second-order valence-corrected chi connectivity index (χ2v) is 8.06. The van der Waals surface area contributed by atoms with E-state index in [4.69, 9.17) is 11.6 Å². The van der Waals surface area contributed by atoms with Gasteiger partial charge in [0.25, 0.3) is 5.91 Å². The lowest BCUT2D eigenvalue weighted by Crippen LogP contribution is -2.54. The van der Waals surface area contributed by atoms with Gasteiger partial charge in [0.1, 0.15) is 10.7 Å². The van der Waals surface area contributed by atoms with Crippen molar-refractivity contribution < 1.29 is 14.4 Å². The standard InChI is InChI=1S/C19H21ClN4O3S/c1-12(2)21-16(25)19(27)24-8-6-23(7-9-24)18(26)15-11-28-17(22-15)13-4-3-5-14(20)10-13/h3-5,10-12H,6-9H2,1-2H3,(H,21,25). The molecule has 1 aliphatic heterocycles. The smallest absolute Gasteiger partial charge is 0.312 e. The van der Waals surface area contributed by atoms with E-state index < -0.39 is 11.8 Å². The molecule has 0 bridgehead atoms. The maximum Gasteiger partial charge on any atom is 0.312 e. The fraction of sp³-hybridized carbons (Fsp3) is 0.368. The summed E-state index contributed by atoms with van der Waals surface area (Å²) in [7, 11) is 0. The molecule has 1 aromatic carbocycles. The highest BCUT2D eigenvalue weighted by Gasteiger charge is 2.29. The Morgan fingerprint density at radius 3 is 2.46 bits per heavy atom. The number of rotatable bonds is 3. The molecule has 2 aromatic rings. The Hall–Kier alpha value is -2.45. The first-order valence-electron chi connectivity index (χ1n) is 8.95. The van der Waals surface area contributed by atoms with Crippen LogP contribution in [0.25, 0.3) is 10.6 Å². The van der Waals surface area contributed by atoms with Gasteiger partial charge in [0.15, 0.2) is 0 Å². The van der Waals surface area contributed by atoms with Gasteiger partial charge in [-0.05, 0) is 26.0 Å². The second kappa shape index (κ2) is 8.70. The lowest BCUT2D eigenvalue weighted by atomic mass is 10.2. The highest BCUT2D eigenvalue weighted by molar-refractivity contribution is 7.13. The molecule has 0 aliphatic carbocycles. The van der Waals surface area contributed by atoms with Crippen molar-refractivity contribution in [1.82, 2.24) is 20.1 Å². The van der Waals surface area contributed by atoms with Crippen LogP contribution in [0.3, 0.4) is 0 Å². The minimum atomic E-state index is -0.611. The largest absolute Gasteiger partial charge is 0.346 e. The lowest BCUT2D eigenvalue weighted by Gasteiger charge is -2.34. The van der Waals surface area contributed by atoms with Crippen molar-refractivity contribution in [2.75, 3.05) is 26.2 Å². The third-order valence-corrected chi connectivity index (χ3v) is 5.39. The molecular formula is C19H21ClN4O3S. The zero-order valence-electron chi connectivity index (χ0n) is 15.6. The van der Waals surface area contributed by atoms with Crippen molar-refractivity contribution in [3.05, 3.63) is 40.4 Å². The predicted molar refractivity (Wildman–Crippen MR) is 108 cm³/mol. The number of hydrogen-bond acceptors (Lipinski definition) is 5. The summed E-state index contributed by atoms with van der Waals surface area (Å²) in [5, 5.41) is 5.66. The van der Waals surface area contributed by atoms with Gasteiger partial charge in [-0.1, -0.05) is 23.7 Å². The summed E-state index contributed by atoms with van der Waals surface area (Å²) >= 11 is 7.40. The molecule has 148 valence electrons. The molecule has 0 spiro atoms. The molecule has 2 heterocycles. The van der Waals surface area contributed by atoms with Gasteiger partial charge in [0.2, 0.25) is 0 Å². The first kappa shape index (κ1) is 20.3. The number of amides is 3. The number of thiazole rings is 1. The average molecular weight is 421 g/mol. The van der Waals surface area contributed by atoms with Crippen LogP contribution in [-0.4, -0.2) is 64.7 Å². The van der Waals surface area contributed by atoms with Crippen molar-refractivity contribution in [2.45, 2.75) is 19.9 Å². The van der Waals surface area contributed by atoms with E-state index in [2.05, 4.69) is 10.3 Å². The summed E-state index contributed by atoms with van der Waals surface area (Å²) in [4.78, 5) is 44.3. The van der Waals surface area contributed by atoms with E-state index >= 15 is 0 Å². The van der Waals surface area contributed by atoms with Crippen LogP contribution in [0.1, 0.15) is 24.3 Å². The highest BCUT2D eigenvalue weighted by Crippen LogP contribution is 2.26. The number of nitrogens with one attached hydrogen (secondary N) is 1. The number of benzene rings is 1. The maximum atomic E-state index is 12.7. The minimum Gasteiger partial charge on any atom is -0.346 e. The van der Waals surface area contributed by atoms with Gasteiger partial charge in [-0.15, -0.1) is 11.3 Å². The van der Waals surface area contributed by atoms with Crippen molar-refractivity contribution in [3.63, 3.8) is 0 Å². The summed E-state index contributed by atoms with van der Waals surface area (Å²) in [5.74, 6) is -1.35. The first-order chi connectivity index (χ1) is 13.3. The summed E-state index contributed by atoms with van der Waals surface area (Å²) in [6.07, 6.45) is 0. The molecule has 3 rings (SSSR count). The van der Waals surface area contributed by atoms with E-state index in [1.807, 2.05) is 12.1 Å². The third-order valence-electron chi connectivity index (χ3n) is 4.26. The molecule has 1 N–H and O–H groups in total. The number of nitrogens with zero attached hydrogens (tertiary/aromatic N) is 3. The van der Waals surface area contributed by atoms with Crippen molar-refractivity contribution in [2.24, 2.45) is 0 Å². The average Bonchev–Trinajstić information content (AvgIpc) is 3.16. The van der Waals surface area contributed by atoms with Gasteiger partial charge >= 0.3 is 11.8 Å². The van der Waals surface area contributed by atoms with Crippen LogP contribution in [0.15, 0.2) is 29.6 Å². The van der Waals surface area contributed by atoms with Gasteiger partial charge in [-0.25, -0.2) is 4.98 Å². The van der Waals surface area contributed by atoms with E-state index in [1.54, 1.807) is 36.3 Å². The van der Waals surface area contributed by atoms with Crippen LogP contribution >= 0.6 is 22.9 Å². The van der Waals surface area contributed by atoms with E-state index in [1.165, 1.54) is 16.2 Å². The number of carbonyl (C=O) groups excluding carboxylic acids is 3. The summed E-state index contributed by atoms with van der Waals surface area (Å²) < 4.78 is 0. The molecule has 1 fully saturated rings. The van der Waals surface area contributed by atoms with Crippen LogP contribution in [0, 0.1) is 0 Å². The molecule has 7 nitrogen and oxygen atoms in total. The zero-order valence-corrected chi connectivity index (χ0v) is 17.2. The van der Waals surface area contributed by atoms with Crippen LogP contribution in [0.4, 0.5) is 0 Å². The molecule has 1 aromatic heterocycles. The number of carbonyl (C=O) groups is 3. The van der Waals surface area contributed by atoms with Gasteiger partial charge in [0, 0.05) is 48.2 Å². The Balaban J connectivity index is 1.60. The van der Waals surface area contributed by atoms with Crippen LogP contribution in [-0.2, 0) is 9.59 Å². The summed E-state index contributed by atoms with van der Waals surface area (Å²) in [5.41, 5.74) is 1.24. The minimum absolute atomic E-state index is 0.0994. The van der Waals surface area contributed by atoms with Crippen molar-refractivity contribution >= 4 is 40.7 Å². The molecule has 0 atom stereocenters. The molecule has 3 amide bonds. The Morgan fingerprint density at radius 2 is 1.82 bits per heavy atom. The summed E-state index contributed by atoms with van der Waals surface area (Å²) in [6, 6.07) is 7.23. The van der Waals surface area contributed by atoms with Gasteiger partial charge < -0.3 is 15.1 Å². The molecule has 28 heavy (non-hydrogen) atoms. The number of halogens is 1. The normalized spacial score (nSPS) is 14.3. The molecule has 0 unspecified atom stereocenters. The monoisotopic (exact) mass is 420 g/mol. The van der Waals surface area contributed by atoms with Crippen molar-refractivity contribution in [3.8, 4) is 10.6 Å². The lowest BCUT2D eigenvalue weighted by molar-refractivity contribution is -0.147. The molecule has 0 radical (unpaired) electrons. The van der Waals surface area contributed by atoms with Gasteiger partial charge in [-0.3, -0.25) is 14.4 Å². The number of piperazine rings is 1. The Bertz CT molecular complexity index is 891. The predicted octanol–water partition coefficient (Wildman–Crippen LogP) is 2.27. The fourth-order valence-electron chi connectivity index (χ4n) is 2.87. The maximum absolute atomic E-state index is 12.7. The van der Waals surface area contributed by atoms with E-state index in [9.17, 15) is 14.4 Å². The second-order valence-electron chi connectivity index (χ2n) is 6.76. The van der Waals surface area contributed by atoms with Crippen LogP contribution in [0.5, 0.6) is 0 Å². The van der Waals surface area contributed by atoms with Crippen LogP contribution in [0.2, 0.25) is 5.02 Å². The Kier molecular flexibility index (Phi) is 6.31. The quantitative estimate of drug-likeness (QED) is 0.772. The topological polar surface area (TPSA) is 82.6 Å². The van der Waals surface area contributed by atoms with Crippen LogP contribution < -0.4 is 5.32 Å². The molecule has 0 saturated carbocycles. The third kappa shape index (κ3) is 4.69. The number of aromatic nitrogens is 1. The zero-order chi connectivity index (χ0) is 20.3. The van der Waals surface area contributed by atoms with E-state index in [0.29, 0.717) is 36.9 Å². The van der Waals surface area contributed by atoms with E-state index in [0.717, 1.165) is 10.6 Å². The van der Waals surface area contributed by atoms with Gasteiger partial charge in [-0.2, -0.15) is 0 Å². The highest BCUT2D eigenvalue weighted by atomic mass is 35.5. The molecule has 9 heteroatoms. The Labute approximate surface area is 172 Å². The number of hydrogen-bond donors (Lipinski definition) is 1. The van der Waals surface area contributed by atoms with Gasteiger partial charge in [0.05, 0.1) is 0 Å². The van der Waals surface area contributed by atoms with E-state index in [-0.39, 0.29) is 11.9 Å². The molecular weight excluding hydrogens is 400 g/mol. The Morgan fingerprint density at radius 1 is 1.14 bits per heavy atom. The van der Waals surface area contributed by atoms with Crippen molar-refractivity contribution in [1.29, 1.82) is 0 Å². The molecule has 1 aliphatic rings. The first-order valence-corrected chi connectivity index (χ1v) is 10.2. The molecule has 1 saturated heterocycles. The SMILES string of the molecule is CC(C)NC(=O)C(=O)N1CCN(C(=O)c2csc(-c3cccc(Cl)c3)n2)CC1.